The van der Waals surface area contributed by atoms with Crippen LogP contribution >= 0.6 is 0 Å². The van der Waals surface area contributed by atoms with Crippen molar-refractivity contribution in [2.45, 2.75) is 31.2 Å². The van der Waals surface area contributed by atoms with Gasteiger partial charge in [-0.1, -0.05) is 18.2 Å². The van der Waals surface area contributed by atoms with Crippen LogP contribution in [0.4, 0.5) is 0 Å². The van der Waals surface area contributed by atoms with E-state index in [1.807, 2.05) is 0 Å². The second-order valence-corrected chi connectivity index (χ2v) is 7.79. The highest BCUT2D eigenvalue weighted by atomic mass is 32.2. The van der Waals surface area contributed by atoms with Crippen molar-refractivity contribution in [3.8, 4) is 11.5 Å². The predicted molar refractivity (Wildman–Crippen MR) is 105 cm³/mol. The summed E-state index contributed by atoms with van der Waals surface area (Å²) in [5.41, 5.74) is 1.39. The molecule has 7 nitrogen and oxygen atoms in total. The Bertz CT molecular complexity index is 909. The highest BCUT2D eigenvalue weighted by Gasteiger charge is 2.27. The van der Waals surface area contributed by atoms with Crippen LogP contribution in [0.1, 0.15) is 30.5 Å². The number of methoxy groups -OCH3 is 2. The van der Waals surface area contributed by atoms with Crippen LogP contribution < -0.4 is 14.2 Å². The molecular formula is C20H25NO6S. The normalized spacial score (nSPS) is 12.3. The van der Waals surface area contributed by atoms with E-state index in [0.29, 0.717) is 11.3 Å². The molecule has 28 heavy (non-hydrogen) atoms. The number of rotatable bonds is 9. The summed E-state index contributed by atoms with van der Waals surface area (Å²) in [6.45, 7) is 3.70. The van der Waals surface area contributed by atoms with Gasteiger partial charge < -0.3 is 14.2 Å². The third kappa shape index (κ3) is 5.46. The summed E-state index contributed by atoms with van der Waals surface area (Å²) >= 11 is 0. The third-order valence-electron chi connectivity index (χ3n) is 4.10. The molecule has 2 aromatic rings. The van der Waals surface area contributed by atoms with Gasteiger partial charge in [0, 0.05) is 0 Å². The van der Waals surface area contributed by atoms with Crippen molar-refractivity contribution in [2.24, 2.45) is 0 Å². The van der Waals surface area contributed by atoms with Crippen LogP contribution in [0.25, 0.3) is 0 Å². The number of ether oxygens (including phenoxy) is 3. The second-order valence-electron chi connectivity index (χ2n) is 6.11. The van der Waals surface area contributed by atoms with Crippen molar-refractivity contribution in [1.29, 1.82) is 0 Å². The molecule has 2 rings (SSSR count). The Kier molecular flexibility index (Phi) is 7.42. The van der Waals surface area contributed by atoms with E-state index in [1.54, 1.807) is 50.2 Å². The van der Waals surface area contributed by atoms with Gasteiger partial charge in [-0.2, -0.15) is 0 Å². The monoisotopic (exact) mass is 407 g/mol. The summed E-state index contributed by atoms with van der Waals surface area (Å²) in [6, 6.07) is 10.9. The molecule has 1 atom stereocenters. The average Bonchev–Trinajstić information content (AvgIpc) is 2.67. The number of carbonyl (C=O) groups excluding carboxylic acids is 1. The molecule has 1 N–H and O–H groups in total. The molecule has 0 fully saturated rings. The summed E-state index contributed by atoms with van der Waals surface area (Å²) < 4.78 is 44.0. The first-order chi connectivity index (χ1) is 13.3. The zero-order chi connectivity index (χ0) is 20.7. The van der Waals surface area contributed by atoms with Crippen LogP contribution in [-0.2, 0) is 19.6 Å². The van der Waals surface area contributed by atoms with Gasteiger partial charge in [-0.15, -0.1) is 0 Å². The number of nitrogens with one attached hydrogen (secondary N) is 1. The maximum Gasteiger partial charge on any atom is 0.307 e. The Morgan fingerprint density at radius 1 is 1.07 bits per heavy atom. The minimum atomic E-state index is -3.96. The zero-order valence-electron chi connectivity index (χ0n) is 16.4. The van der Waals surface area contributed by atoms with Crippen LogP contribution in [-0.4, -0.2) is 35.2 Å². The molecule has 0 spiro atoms. The number of hydrogen-bond donors (Lipinski definition) is 1. The molecule has 2 aromatic carbocycles. The van der Waals surface area contributed by atoms with Crippen molar-refractivity contribution in [3.63, 3.8) is 0 Å². The topological polar surface area (TPSA) is 90.9 Å². The SMILES string of the molecule is CCOC(=O)C[C@H](NS(=O)(=O)c1cc(C)ccc1OC)c1ccc(OC)cc1. The molecule has 0 saturated heterocycles. The number of sulfonamides is 1. The molecule has 0 aliphatic heterocycles. The Balaban J connectivity index is 2.39. The van der Waals surface area contributed by atoms with Gasteiger partial charge in [-0.25, -0.2) is 13.1 Å². The summed E-state index contributed by atoms with van der Waals surface area (Å²) in [5.74, 6) is 0.354. The van der Waals surface area contributed by atoms with Gasteiger partial charge in [0.15, 0.2) is 0 Å². The number of carbonyl (C=O) groups is 1. The summed E-state index contributed by atoms with van der Waals surface area (Å²) in [4.78, 5) is 12.1. The predicted octanol–water partition coefficient (Wildman–Crippen LogP) is 2.99. The molecule has 0 radical (unpaired) electrons. The number of esters is 1. The maximum absolute atomic E-state index is 13.0. The fourth-order valence-electron chi connectivity index (χ4n) is 2.70. The number of aryl methyl sites for hydroxylation is 1. The van der Waals surface area contributed by atoms with Crippen molar-refractivity contribution >= 4 is 16.0 Å². The van der Waals surface area contributed by atoms with E-state index >= 15 is 0 Å². The Morgan fingerprint density at radius 2 is 1.75 bits per heavy atom. The fraction of sp³-hybridized carbons (Fsp3) is 0.350. The van der Waals surface area contributed by atoms with Gasteiger partial charge in [0.25, 0.3) is 0 Å². The zero-order valence-corrected chi connectivity index (χ0v) is 17.2. The van der Waals surface area contributed by atoms with Crippen LogP contribution in [0.3, 0.4) is 0 Å². The lowest BCUT2D eigenvalue weighted by Gasteiger charge is -2.20. The molecular weight excluding hydrogens is 382 g/mol. The van der Waals surface area contributed by atoms with E-state index in [9.17, 15) is 13.2 Å². The smallest absolute Gasteiger partial charge is 0.307 e. The molecule has 0 aliphatic rings. The Morgan fingerprint density at radius 3 is 2.32 bits per heavy atom. The van der Waals surface area contributed by atoms with E-state index in [0.717, 1.165) is 5.56 Å². The lowest BCUT2D eigenvalue weighted by molar-refractivity contribution is -0.143. The van der Waals surface area contributed by atoms with Gasteiger partial charge in [0.1, 0.15) is 16.4 Å². The quantitative estimate of drug-likeness (QED) is 0.643. The molecule has 0 amide bonds. The van der Waals surface area contributed by atoms with E-state index in [4.69, 9.17) is 14.2 Å². The van der Waals surface area contributed by atoms with E-state index in [2.05, 4.69) is 4.72 Å². The third-order valence-corrected chi connectivity index (χ3v) is 5.59. The summed E-state index contributed by atoms with van der Waals surface area (Å²) in [6.07, 6.45) is -0.145. The van der Waals surface area contributed by atoms with Crippen LogP contribution in [0.15, 0.2) is 47.4 Å². The molecule has 0 saturated carbocycles. The highest BCUT2D eigenvalue weighted by molar-refractivity contribution is 7.89. The first-order valence-electron chi connectivity index (χ1n) is 8.77. The maximum atomic E-state index is 13.0. The molecule has 0 heterocycles. The van der Waals surface area contributed by atoms with Crippen LogP contribution in [0, 0.1) is 6.92 Å². The Labute approximate surface area is 165 Å². The molecule has 0 aliphatic carbocycles. The molecule has 8 heteroatoms. The molecule has 0 unspecified atom stereocenters. The number of hydrogen-bond acceptors (Lipinski definition) is 6. The highest BCUT2D eigenvalue weighted by Crippen LogP contribution is 2.28. The van der Waals surface area contributed by atoms with Gasteiger partial charge in [0.05, 0.1) is 33.3 Å². The second kappa shape index (κ2) is 9.57. The molecule has 152 valence electrons. The minimum Gasteiger partial charge on any atom is -0.497 e. The van der Waals surface area contributed by atoms with Crippen molar-refractivity contribution in [2.75, 3.05) is 20.8 Å². The van der Waals surface area contributed by atoms with E-state index < -0.39 is 22.0 Å². The minimum absolute atomic E-state index is 0.0115. The van der Waals surface area contributed by atoms with Crippen molar-refractivity contribution < 1.29 is 27.4 Å². The summed E-state index contributed by atoms with van der Waals surface area (Å²) in [7, 11) is -1.02. The largest absolute Gasteiger partial charge is 0.497 e. The lowest BCUT2D eigenvalue weighted by atomic mass is 10.0. The van der Waals surface area contributed by atoms with Gasteiger partial charge in [0.2, 0.25) is 10.0 Å². The molecule has 0 aromatic heterocycles. The van der Waals surface area contributed by atoms with Crippen molar-refractivity contribution in [1.82, 2.24) is 4.72 Å². The average molecular weight is 407 g/mol. The standard InChI is InChI=1S/C20H25NO6S/c1-5-27-20(22)13-17(15-7-9-16(25-3)10-8-15)21-28(23,24)19-12-14(2)6-11-18(19)26-4/h6-12,17,21H,5,13H2,1-4H3/t17-/m0/s1. The first-order valence-corrected chi connectivity index (χ1v) is 10.3. The van der Waals surface area contributed by atoms with E-state index in [1.165, 1.54) is 20.3 Å². The van der Waals surface area contributed by atoms with Gasteiger partial charge in [-0.05, 0) is 49.2 Å². The molecule has 0 bridgehead atoms. The van der Waals surface area contributed by atoms with Gasteiger partial charge in [-0.3, -0.25) is 4.79 Å². The Hall–Kier alpha value is -2.58. The van der Waals surface area contributed by atoms with Gasteiger partial charge >= 0.3 is 5.97 Å². The first kappa shape index (κ1) is 21.7. The lowest BCUT2D eigenvalue weighted by Crippen LogP contribution is -2.31. The van der Waals surface area contributed by atoms with E-state index in [-0.39, 0.29) is 23.7 Å². The number of benzene rings is 2. The van der Waals surface area contributed by atoms with Crippen molar-refractivity contribution in [3.05, 3.63) is 53.6 Å². The summed E-state index contributed by atoms with van der Waals surface area (Å²) in [5, 5.41) is 0. The fourth-order valence-corrected chi connectivity index (χ4v) is 4.17. The van der Waals surface area contributed by atoms with Crippen LogP contribution in [0.2, 0.25) is 0 Å². The van der Waals surface area contributed by atoms with Crippen LogP contribution in [0.5, 0.6) is 11.5 Å².